The summed E-state index contributed by atoms with van der Waals surface area (Å²) in [5.74, 6) is 0. The van der Waals surface area contributed by atoms with Crippen LogP contribution in [0.25, 0.3) is 22.4 Å². The molecule has 136 valence electrons. The van der Waals surface area contributed by atoms with E-state index in [2.05, 4.69) is 75.5 Å². The van der Waals surface area contributed by atoms with Gasteiger partial charge in [0.1, 0.15) is 11.8 Å². The third-order valence-corrected chi connectivity index (χ3v) is 4.70. The van der Waals surface area contributed by atoms with Crippen LogP contribution in [0, 0.1) is 0 Å². The maximum atomic E-state index is 6.05. The van der Waals surface area contributed by atoms with Gasteiger partial charge in [-0.1, -0.05) is 48.0 Å². The van der Waals surface area contributed by atoms with Crippen LogP contribution in [-0.4, -0.2) is 26.0 Å². The Hall–Kier alpha value is -2.76. The first-order chi connectivity index (χ1) is 13.1. The predicted octanol–water partition coefficient (Wildman–Crippen LogP) is 4.76. The van der Waals surface area contributed by atoms with Crippen LogP contribution in [0.2, 0.25) is 5.02 Å². The SMILES string of the molecule is CC(C)NC(c1ccc(Cl)cc1)c1ccc(-c2ncnc3nc[nH]c23)cc1. The van der Waals surface area contributed by atoms with E-state index >= 15 is 0 Å². The molecule has 1 unspecified atom stereocenters. The molecule has 0 aliphatic carbocycles. The van der Waals surface area contributed by atoms with Crippen LogP contribution in [0.15, 0.2) is 61.2 Å². The molecule has 2 aromatic carbocycles. The number of imidazole rings is 1. The lowest BCUT2D eigenvalue weighted by Crippen LogP contribution is -2.28. The van der Waals surface area contributed by atoms with Gasteiger partial charge in [0.2, 0.25) is 0 Å². The molecule has 0 saturated heterocycles. The molecule has 4 aromatic rings. The fourth-order valence-corrected chi connectivity index (χ4v) is 3.32. The van der Waals surface area contributed by atoms with Crippen molar-refractivity contribution in [3.8, 4) is 11.3 Å². The highest BCUT2D eigenvalue weighted by molar-refractivity contribution is 6.30. The van der Waals surface area contributed by atoms with Crippen molar-refractivity contribution in [2.75, 3.05) is 0 Å². The first-order valence-electron chi connectivity index (χ1n) is 8.88. The van der Waals surface area contributed by atoms with E-state index in [-0.39, 0.29) is 6.04 Å². The summed E-state index contributed by atoms with van der Waals surface area (Å²) >= 11 is 6.05. The van der Waals surface area contributed by atoms with Crippen molar-refractivity contribution in [1.82, 2.24) is 25.3 Å². The number of hydrogen-bond acceptors (Lipinski definition) is 4. The number of nitrogens with zero attached hydrogens (tertiary/aromatic N) is 3. The van der Waals surface area contributed by atoms with Crippen molar-refractivity contribution >= 4 is 22.8 Å². The number of fused-ring (bicyclic) bond motifs is 1. The monoisotopic (exact) mass is 377 g/mol. The van der Waals surface area contributed by atoms with Crippen LogP contribution in [-0.2, 0) is 0 Å². The van der Waals surface area contributed by atoms with E-state index in [0.29, 0.717) is 11.7 Å². The highest BCUT2D eigenvalue weighted by atomic mass is 35.5. The van der Waals surface area contributed by atoms with Crippen molar-refractivity contribution in [2.45, 2.75) is 25.9 Å². The number of aromatic amines is 1. The average molecular weight is 378 g/mol. The number of benzene rings is 2. The summed E-state index contributed by atoms with van der Waals surface area (Å²) < 4.78 is 0. The van der Waals surface area contributed by atoms with Gasteiger partial charge in [-0.15, -0.1) is 0 Å². The Morgan fingerprint density at radius 3 is 2.22 bits per heavy atom. The summed E-state index contributed by atoms with van der Waals surface area (Å²) in [6.07, 6.45) is 3.18. The lowest BCUT2D eigenvalue weighted by molar-refractivity contribution is 0.529. The van der Waals surface area contributed by atoms with Gasteiger partial charge in [0.15, 0.2) is 5.65 Å². The number of hydrogen-bond donors (Lipinski definition) is 2. The molecule has 27 heavy (non-hydrogen) atoms. The van der Waals surface area contributed by atoms with E-state index < -0.39 is 0 Å². The molecule has 2 aromatic heterocycles. The van der Waals surface area contributed by atoms with Crippen molar-refractivity contribution in [2.24, 2.45) is 0 Å². The van der Waals surface area contributed by atoms with E-state index in [1.807, 2.05) is 12.1 Å². The molecule has 4 rings (SSSR count). The average Bonchev–Trinajstić information content (AvgIpc) is 3.16. The summed E-state index contributed by atoms with van der Waals surface area (Å²) in [6.45, 7) is 4.29. The van der Waals surface area contributed by atoms with E-state index in [1.165, 1.54) is 11.1 Å². The summed E-state index contributed by atoms with van der Waals surface area (Å²) in [4.78, 5) is 15.9. The summed E-state index contributed by atoms with van der Waals surface area (Å²) in [5, 5.41) is 4.37. The minimum Gasteiger partial charge on any atom is -0.341 e. The van der Waals surface area contributed by atoms with Gasteiger partial charge in [0.25, 0.3) is 0 Å². The number of aromatic nitrogens is 4. The van der Waals surface area contributed by atoms with Crippen LogP contribution >= 0.6 is 11.6 Å². The quantitative estimate of drug-likeness (QED) is 0.526. The third kappa shape index (κ3) is 3.70. The number of nitrogens with one attached hydrogen (secondary N) is 2. The maximum Gasteiger partial charge on any atom is 0.181 e. The van der Waals surface area contributed by atoms with Crippen LogP contribution in [0.5, 0.6) is 0 Å². The fraction of sp³-hybridized carbons (Fsp3) is 0.190. The van der Waals surface area contributed by atoms with Crippen molar-refractivity contribution in [1.29, 1.82) is 0 Å². The van der Waals surface area contributed by atoms with Crippen LogP contribution < -0.4 is 5.32 Å². The van der Waals surface area contributed by atoms with Crippen molar-refractivity contribution in [3.05, 3.63) is 77.3 Å². The molecule has 2 heterocycles. The Morgan fingerprint density at radius 2 is 1.56 bits per heavy atom. The molecule has 2 N–H and O–H groups in total. The lowest BCUT2D eigenvalue weighted by Gasteiger charge is -2.22. The van der Waals surface area contributed by atoms with Crippen LogP contribution in [0.4, 0.5) is 0 Å². The Morgan fingerprint density at radius 1 is 0.889 bits per heavy atom. The molecule has 0 aliphatic heterocycles. The molecule has 0 aliphatic rings. The molecule has 0 bridgehead atoms. The van der Waals surface area contributed by atoms with Gasteiger partial charge in [-0.25, -0.2) is 15.0 Å². The van der Waals surface area contributed by atoms with Gasteiger partial charge in [0.05, 0.1) is 18.1 Å². The van der Waals surface area contributed by atoms with Gasteiger partial charge in [0, 0.05) is 16.6 Å². The highest BCUT2D eigenvalue weighted by Gasteiger charge is 2.16. The Bertz CT molecular complexity index is 1040. The fourth-order valence-electron chi connectivity index (χ4n) is 3.19. The van der Waals surface area contributed by atoms with E-state index in [0.717, 1.165) is 21.8 Å². The standard InChI is InChI=1S/C21H20ClN5/c1-13(2)27-18(15-7-9-17(22)10-8-15)14-3-5-16(6-4-14)19-20-21(25-11-23-19)26-12-24-20/h3-13,18,27H,1-2H3,(H,23,24,25,26). The molecular weight excluding hydrogens is 358 g/mol. The zero-order valence-electron chi connectivity index (χ0n) is 15.1. The molecule has 0 saturated carbocycles. The zero-order valence-corrected chi connectivity index (χ0v) is 15.9. The zero-order chi connectivity index (χ0) is 18.8. The van der Waals surface area contributed by atoms with Gasteiger partial charge in [-0.05, 0) is 37.1 Å². The second-order valence-corrected chi connectivity index (χ2v) is 7.19. The first kappa shape index (κ1) is 17.6. The Labute approximate surface area is 162 Å². The third-order valence-electron chi connectivity index (χ3n) is 4.44. The van der Waals surface area contributed by atoms with E-state index in [9.17, 15) is 0 Å². The summed E-state index contributed by atoms with van der Waals surface area (Å²) in [6, 6.07) is 16.9. The molecule has 0 amide bonds. The topological polar surface area (TPSA) is 66.5 Å². The lowest BCUT2D eigenvalue weighted by atomic mass is 9.96. The molecule has 0 fully saturated rings. The van der Waals surface area contributed by atoms with E-state index in [4.69, 9.17) is 11.6 Å². The molecule has 0 radical (unpaired) electrons. The number of rotatable bonds is 5. The molecule has 1 atom stereocenters. The van der Waals surface area contributed by atoms with Crippen molar-refractivity contribution < 1.29 is 0 Å². The maximum absolute atomic E-state index is 6.05. The van der Waals surface area contributed by atoms with Gasteiger partial charge < -0.3 is 10.3 Å². The van der Waals surface area contributed by atoms with Crippen molar-refractivity contribution in [3.63, 3.8) is 0 Å². The van der Waals surface area contributed by atoms with E-state index in [1.54, 1.807) is 12.7 Å². The largest absolute Gasteiger partial charge is 0.341 e. The Balaban J connectivity index is 1.70. The normalized spacial score (nSPS) is 12.6. The molecule has 6 heteroatoms. The minimum absolute atomic E-state index is 0.0916. The second-order valence-electron chi connectivity index (χ2n) is 6.75. The molecular formula is C21H20ClN5. The predicted molar refractivity (Wildman–Crippen MR) is 109 cm³/mol. The minimum atomic E-state index is 0.0916. The Kier molecular flexibility index (Phi) is 4.88. The smallest absolute Gasteiger partial charge is 0.181 e. The second kappa shape index (κ2) is 7.47. The van der Waals surface area contributed by atoms with Gasteiger partial charge in [-0.2, -0.15) is 0 Å². The van der Waals surface area contributed by atoms with Gasteiger partial charge in [-0.3, -0.25) is 0 Å². The van der Waals surface area contributed by atoms with Crippen LogP contribution in [0.3, 0.4) is 0 Å². The highest BCUT2D eigenvalue weighted by Crippen LogP contribution is 2.28. The summed E-state index contributed by atoms with van der Waals surface area (Å²) in [7, 11) is 0. The number of halogens is 1. The number of H-pyrrole nitrogens is 1. The van der Waals surface area contributed by atoms with Gasteiger partial charge >= 0.3 is 0 Å². The first-order valence-corrected chi connectivity index (χ1v) is 9.25. The molecule has 5 nitrogen and oxygen atoms in total. The molecule has 0 spiro atoms. The summed E-state index contributed by atoms with van der Waals surface area (Å²) in [5.41, 5.74) is 5.76. The van der Waals surface area contributed by atoms with Crippen LogP contribution in [0.1, 0.15) is 31.0 Å².